The quantitative estimate of drug-likeness (QED) is 0.393. The number of morpholine rings is 1. The smallest absolute Gasteiger partial charge is 0.341 e. The minimum atomic E-state index is -3.78. The van der Waals surface area contributed by atoms with Crippen molar-refractivity contribution in [2.24, 2.45) is 0 Å². The molecule has 0 radical (unpaired) electrons. The summed E-state index contributed by atoms with van der Waals surface area (Å²) in [6, 6.07) is 11.8. The summed E-state index contributed by atoms with van der Waals surface area (Å²) in [4.78, 5) is 31.7. The van der Waals surface area contributed by atoms with Gasteiger partial charge in [-0.3, -0.25) is 4.79 Å². The summed E-state index contributed by atoms with van der Waals surface area (Å²) in [5.74, 6) is -1.10. The Labute approximate surface area is 204 Å². The number of aryl methyl sites for hydroxylation is 1. The van der Waals surface area contributed by atoms with Crippen LogP contribution in [0.4, 0.5) is 5.69 Å². The Kier molecular flexibility index (Phi) is 6.98. The van der Waals surface area contributed by atoms with Gasteiger partial charge in [0.15, 0.2) is 6.10 Å². The molecular weight excluding hydrogens is 470 g/mol. The molecule has 2 heterocycles. The van der Waals surface area contributed by atoms with E-state index in [9.17, 15) is 18.0 Å². The average molecular weight is 500 g/mol. The number of sulfonamides is 1. The Morgan fingerprint density at radius 3 is 2.49 bits per heavy atom. The van der Waals surface area contributed by atoms with Crippen LogP contribution in [0.5, 0.6) is 0 Å². The van der Waals surface area contributed by atoms with E-state index in [1.807, 2.05) is 29.2 Å². The largest absolute Gasteiger partial charge is 0.451 e. The molecule has 1 aliphatic heterocycles. The van der Waals surface area contributed by atoms with Crippen LogP contribution in [-0.2, 0) is 19.5 Å². The van der Waals surface area contributed by atoms with Crippen LogP contribution >= 0.6 is 0 Å². The number of nitrogens with zero attached hydrogens (tertiary/aromatic N) is 2. The highest BCUT2D eigenvalue weighted by Crippen LogP contribution is 2.28. The monoisotopic (exact) mass is 499 g/mol. The molecule has 0 aliphatic carbocycles. The van der Waals surface area contributed by atoms with Crippen LogP contribution in [0.2, 0.25) is 0 Å². The highest BCUT2D eigenvalue weighted by molar-refractivity contribution is 7.89. The first-order valence-electron chi connectivity index (χ1n) is 11.3. The third-order valence-corrected chi connectivity index (χ3v) is 7.92. The maximum atomic E-state index is 13.3. The molecule has 1 aromatic heterocycles. The number of rotatable bonds is 7. The molecule has 1 fully saturated rings. The SMILES string of the molecule is Cc1[nH]c2ccccc2c1C(=O)[C@@H](C)OC(=O)c1cc(S(=O)(=O)N(C)C)ccc1N1CCOCC1. The molecule has 0 unspecified atom stereocenters. The molecule has 0 spiro atoms. The number of carbonyl (C=O) groups excluding carboxylic acids is 2. The molecule has 35 heavy (non-hydrogen) atoms. The van der Waals surface area contributed by atoms with E-state index < -0.39 is 22.1 Å². The lowest BCUT2D eigenvalue weighted by atomic mass is 10.0. The van der Waals surface area contributed by atoms with Gasteiger partial charge < -0.3 is 19.4 Å². The minimum Gasteiger partial charge on any atom is -0.451 e. The number of esters is 1. The van der Waals surface area contributed by atoms with E-state index in [1.165, 1.54) is 33.2 Å². The topological polar surface area (TPSA) is 109 Å². The Morgan fingerprint density at radius 1 is 1.11 bits per heavy atom. The van der Waals surface area contributed by atoms with Crippen LogP contribution in [0.1, 0.15) is 33.3 Å². The van der Waals surface area contributed by atoms with Gasteiger partial charge >= 0.3 is 5.97 Å². The maximum absolute atomic E-state index is 13.3. The van der Waals surface area contributed by atoms with E-state index >= 15 is 0 Å². The number of hydrogen-bond donors (Lipinski definition) is 1. The number of para-hydroxylation sites is 1. The Balaban J connectivity index is 1.67. The molecule has 3 aromatic rings. The second-order valence-corrected chi connectivity index (χ2v) is 10.8. The molecular formula is C25H29N3O6S. The number of ether oxygens (including phenoxy) is 2. The van der Waals surface area contributed by atoms with Gasteiger partial charge in [0.05, 0.1) is 29.4 Å². The molecule has 10 heteroatoms. The zero-order valence-corrected chi connectivity index (χ0v) is 21.0. The van der Waals surface area contributed by atoms with E-state index in [0.717, 1.165) is 15.2 Å². The Bertz CT molecular complexity index is 1370. The second kappa shape index (κ2) is 9.80. The molecule has 0 bridgehead atoms. The predicted molar refractivity (Wildman–Crippen MR) is 133 cm³/mol. The van der Waals surface area contributed by atoms with Gasteiger partial charge in [0.25, 0.3) is 0 Å². The number of ketones is 1. The van der Waals surface area contributed by atoms with Crippen molar-refractivity contribution in [1.82, 2.24) is 9.29 Å². The highest BCUT2D eigenvalue weighted by atomic mass is 32.2. The maximum Gasteiger partial charge on any atom is 0.341 e. The number of anilines is 1. The van der Waals surface area contributed by atoms with Gasteiger partial charge in [-0.1, -0.05) is 18.2 Å². The summed E-state index contributed by atoms with van der Waals surface area (Å²) in [7, 11) is -0.931. The van der Waals surface area contributed by atoms with Crippen molar-refractivity contribution in [2.75, 3.05) is 45.3 Å². The van der Waals surface area contributed by atoms with Gasteiger partial charge in [0.1, 0.15) is 0 Å². The third kappa shape index (κ3) is 4.82. The van der Waals surface area contributed by atoms with Crippen LogP contribution in [0.3, 0.4) is 0 Å². The van der Waals surface area contributed by atoms with Crippen LogP contribution < -0.4 is 4.90 Å². The fourth-order valence-electron chi connectivity index (χ4n) is 4.20. The van der Waals surface area contributed by atoms with Gasteiger partial charge in [0, 0.05) is 49.3 Å². The zero-order chi connectivity index (χ0) is 25.3. The summed E-state index contributed by atoms with van der Waals surface area (Å²) in [6.45, 7) is 5.39. The first-order valence-corrected chi connectivity index (χ1v) is 12.8. The number of benzene rings is 2. The van der Waals surface area contributed by atoms with Crippen LogP contribution in [0.15, 0.2) is 47.4 Å². The normalized spacial score (nSPS) is 15.4. The number of nitrogens with one attached hydrogen (secondary N) is 1. The van der Waals surface area contributed by atoms with E-state index in [-0.39, 0.29) is 16.2 Å². The van der Waals surface area contributed by atoms with E-state index in [4.69, 9.17) is 9.47 Å². The average Bonchev–Trinajstić information content (AvgIpc) is 3.19. The first kappa shape index (κ1) is 24.9. The summed E-state index contributed by atoms with van der Waals surface area (Å²) >= 11 is 0. The summed E-state index contributed by atoms with van der Waals surface area (Å²) in [5.41, 5.74) is 2.61. The molecule has 2 aromatic carbocycles. The predicted octanol–water partition coefficient (Wildman–Crippen LogP) is 2.99. The molecule has 1 N–H and O–H groups in total. The van der Waals surface area contributed by atoms with Gasteiger partial charge in [-0.25, -0.2) is 17.5 Å². The van der Waals surface area contributed by atoms with Gasteiger partial charge in [-0.15, -0.1) is 0 Å². The lowest BCUT2D eigenvalue weighted by Gasteiger charge is -2.30. The number of carbonyl (C=O) groups is 2. The van der Waals surface area contributed by atoms with Gasteiger partial charge in [-0.2, -0.15) is 0 Å². The number of fused-ring (bicyclic) bond motifs is 1. The standard InChI is InChI=1S/C25H29N3O6S/c1-16-23(19-7-5-6-8-21(19)26-16)24(29)17(2)34-25(30)20-15-18(35(31,32)27(3)4)9-10-22(20)28-11-13-33-14-12-28/h5-10,15,17,26H,11-14H2,1-4H3/t17-/m1/s1. The van der Waals surface area contributed by atoms with Crippen molar-refractivity contribution in [3.05, 3.63) is 59.3 Å². The van der Waals surface area contributed by atoms with Crippen LogP contribution in [0, 0.1) is 6.92 Å². The first-order chi connectivity index (χ1) is 16.6. The van der Waals surface area contributed by atoms with Crippen molar-refractivity contribution < 1.29 is 27.5 Å². The summed E-state index contributed by atoms with van der Waals surface area (Å²) < 4.78 is 37.6. The van der Waals surface area contributed by atoms with E-state index in [1.54, 1.807) is 13.0 Å². The number of aromatic nitrogens is 1. The molecule has 9 nitrogen and oxygen atoms in total. The van der Waals surface area contributed by atoms with E-state index in [0.29, 0.717) is 43.2 Å². The number of aromatic amines is 1. The second-order valence-electron chi connectivity index (χ2n) is 8.65. The fourth-order valence-corrected chi connectivity index (χ4v) is 5.13. The Hall–Kier alpha value is -3.21. The fraction of sp³-hybridized carbons (Fsp3) is 0.360. The summed E-state index contributed by atoms with van der Waals surface area (Å²) in [6.07, 6.45) is -1.08. The van der Waals surface area contributed by atoms with Gasteiger partial charge in [-0.05, 0) is 38.1 Å². The highest BCUT2D eigenvalue weighted by Gasteiger charge is 2.29. The molecule has 0 saturated carbocycles. The minimum absolute atomic E-state index is 0.0297. The van der Waals surface area contributed by atoms with Crippen LogP contribution in [0.25, 0.3) is 10.9 Å². The van der Waals surface area contributed by atoms with Crippen molar-refractivity contribution in [3.8, 4) is 0 Å². The van der Waals surface area contributed by atoms with E-state index in [2.05, 4.69) is 4.98 Å². The van der Waals surface area contributed by atoms with Crippen molar-refractivity contribution in [3.63, 3.8) is 0 Å². The molecule has 1 aliphatic rings. The lowest BCUT2D eigenvalue weighted by Crippen LogP contribution is -2.37. The number of H-pyrrole nitrogens is 1. The molecule has 1 saturated heterocycles. The van der Waals surface area contributed by atoms with Crippen molar-refractivity contribution in [1.29, 1.82) is 0 Å². The zero-order valence-electron chi connectivity index (χ0n) is 20.2. The van der Waals surface area contributed by atoms with Gasteiger partial charge in [0.2, 0.25) is 15.8 Å². The molecule has 0 amide bonds. The molecule has 1 atom stereocenters. The molecule has 4 rings (SSSR count). The molecule has 186 valence electrons. The number of hydrogen-bond acceptors (Lipinski definition) is 7. The van der Waals surface area contributed by atoms with Crippen molar-refractivity contribution in [2.45, 2.75) is 24.8 Å². The number of Topliss-reactive ketones (excluding diaryl/α,β-unsaturated/α-hetero) is 1. The van der Waals surface area contributed by atoms with Crippen LogP contribution in [-0.4, -0.2) is 76.0 Å². The third-order valence-electron chi connectivity index (χ3n) is 6.11. The Morgan fingerprint density at radius 2 is 1.80 bits per heavy atom. The summed E-state index contributed by atoms with van der Waals surface area (Å²) in [5, 5.41) is 0.756. The lowest BCUT2D eigenvalue weighted by molar-refractivity contribution is 0.0319. The van der Waals surface area contributed by atoms with Crippen molar-refractivity contribution >= 4 is 38.4 Å².